The Bertz CT molecular complexity index is 1190. The number of hydrogen-bond donors (Lipinski definition) is 1. The number of halogens is 5. The van der Waals surface area contributed by atoms with Crippen LogP contribution in [0.3, 0.4) is 0 Å². The van der Waals surface area contributed by atoms with Crippen molar-refractivity contribution in [2.45, 2.75) is 51.0 Å². The molecule has 1 aliphatic carbocycles. The van der Waals surface area contributed by atoms with Crippen molar-refractivity contribution in [2.24, 2.45) is 11.8 Å². The Labute approximate surface area is 196 Å². The standard InChI is InChI=1S/C23H22F5N3O4/c1-9-10(2)30-35-20(9)22(33)31-17-3-11(17)4-18(31)21(32)29-19(12-7-34-8-12)13-5-16(25)14(6-15(13)24)23(26,27)28/h5-6,11-12,17-19H,3-4,7-8H2,1-2H3,(H,29,32)/t11-,17-,18-,19?/m1/s1. The summed E-state index contributed by atoms with van der Waals surface area (Å²) < 4.78 is 78.3. The topological polar surface area (TPSA) is 84.7 Å². The van der Waals surface area contributed by atoms with Gasteiger partial charge in [-0.2, -0.15) is 13.2 Å². The van der Waals surface area contributed by atoms with E-state index in [-0.39, 0.29) is 37.0 Å². The molecule has 3 heterocycles. The highest BCUT2D eigenvalue weighted by Crippen LogP contribution is 2.49. The number of ether oxygens (including phenoxy) is 1. The Balaban J connectivity index is 1.41. The number of nitrogens with one attached hydrogen (secondary N) is 1. The van der Waals surface area contributed by atoms with Crippen molar-refractivity contribution < 1.29 is 40.8 Å². The smallest absolute Gasteiger partial charge is 0.381 e. The average molecular weight is 499 g/mol. The van der Waals surface area contributed by atoms with Gasteiger partial charge in [0.05, 0.1) is 30.5 Å². The summed E-state index contributed by atoms with van der Waals surface area (Å²) in [7, 11) is 0. The van der Waals surface area contributed by atoms with Gasteiger partial charge in [0.1, 0.15) is 17.7 Å². The largest absolute Gasteiger partial charge is 0.419 e. The molecule has 0 spiro atoms. The fourth-order valence-electron chi connectivity index (χ4n) is 4.88. The molecule has 0 bridgehead atoms. The van der Waals surface area contributed by atoms with Crippen LogP contribution in [0.5, 0.6) is 0 Å². The van der Waals surface area contributed by atoms with E-state index in [1.165, 1.54) is 4.90 Å². The molecule has 0 radical (unpaired) electrons. The molecule has 5 rings (SSSR count). The number of benzene rings is 1. The Hall–Kier alpha value is -3.02. The zero-order valence-corrected chi connectivity index (χ0v) is 18.8. The number of aryl methyl sites for hydroxylation is 1. The Morgan fingerprint density at radius 2 is 1.86 bits per heavy atom. The molecule has 7 nitrogen and oxygen atoms in total. The van der Waals surface area contributed by atoms with Crippen LogP contribution in [0.1, 0.15) is 51.8 Å². The number of carbonyl (C=O) groups is 2. The minimum absolute atomic E-state index is 0.0349. The second-order valence-corrected chi connectivity index (χ2v) is 9.38. The van der Waals surface area contributed by atoms with Gasteiger partial charge in [-0.3, -0.25) is 9.59 Å². The summed E-state index contributed by atoms with van der Waals surface area (Å²) in [6.45, 7) is 3.60. The summed E-state index contributed by atoms with van der Waals surface area (Å²) in [6.07, 6.45) is -3.95. The van der Waals surface area contributed by atoms with Crippen molar-refractivity contribution in [3.63, 3.8) is 0 Å². The number of carbonyl (C=O) groups excluding carboxylic acids is 2. The van der Waals surface area contributed by atoms with E-state index in [9.17, 15) is 31.5 Å². The van der Waals surface area contributed by atoms with Crippen molar-refractivity contribution in [2.75, 3.05) is 13.2 Å². The second kappa shape index (κ2) is 8.28. The summed E-state index contributed by atoms with van der Waals surface area (Å²) in [5, 5.41) is 6.45. The van der Waals surface area contributed by atoms with Crippen molar-refractivity contribution in [1.29, 1.82) is 0 Å². The van der Waals surface area contributed by atoms with Crippen molar-refractivity contribution in [1.82, 2.24) is 15.4 Å². The highest BCUT2D eigenvalue weighted by atomic mass is 19.4. The highest BCUT2D eigenvalue weighted by Gasteiger charge is 2.57. The first kappa shape index (κ1) is 23.7. The third-order valence-corrected chi connectivity index (χ3v) is 7.15. The lowest BCUT2D eigenvalue weighted by atomic mass is 9.89. The van der Waals surface area contributed by atoms with Gasteiger partial charge in [0.25, 0.3) is 5.91 Å². The van der Waals surface area contributed by atoms with Crippen LogP contribution in [0.25, 0.3) is 0 Å². The lowest BCUT2D eigenvalue weighted by Crippen LogP contribution is -2.51. The molecule has 2 amide bonds. The highest BCUT2D eigenvalue weighted by molar-refractivity contribution is 5.97. The first-order chi connectivity index (χ1) is 16.5. The lowest BCUT2D eigenvalue weighted by molar-refractivity contribution is -0.140. The maximum absolute atomic E-state index is 14.8. The van der Waals surface area contributed by atoms with E-state index in [0.29, 0.717) is 23.7 Å². The SMILES string of the molecule is Cc1noc(C(=O)N2[C@@H](C(=O)NC(c3cc(F)c(C(F)(F)F)cc3F)C3COC3)C[C@H]3C[C@H]32)c1C. The Kier molecular flexibility index (Phi) is 5.61. The van der Waals surface area contributed by atoms with Gasteiger partial charge >= 0.3 is 6.18 Å². The molecule has 1 saturated carbocycles. The van der Waals surface area contributed by atoms with Crippen LogP contribution in [-0.4, -0.2) is 47.2 Å². The molecule has 1 unspecified atom stereocenters. The van der Waals surface area contributed by atoms with E-state index in [1.807, 2.05) is 0 Å². The minimum Gasteiger partial charge on any atom is -0.381 e. The summed E-state index contributed by atoms with van der Waals surface area (Å²) in [5.74, 6) is -4.31. The molecule has 2 aliphatic heterocycles. The molecule has 35 heavy (non-hydrogen) atoms. The molecule has 1 N–H and O–H groups in total. The number of rotatable bonds is 5. The van der Waals surface area contributed by atoms with E-state index in [0.717, 1.165) is 6.42 Å². The summed E-state index contributed by atoms with van der Waals surface area (Å²) in [6, 6.07) is -1.59. The van der Waals surface area contributed by atoms with Crippen LogP contribution in [-0.2, 0) is 15.7 Å². The van der Waals surface area contributed by atoms with Gasteiger partial charge in [0, 0.05) is 23.1 Å². The van der Waals surface area contributed by atoms with Crippen molar-refractivity contribution >= 4 is 11.8 Å². The van der Waals surface area contributed by atoms with E-state index in [1.54, 1.807) is 13.8 Å². The molecule has 2 saturated heterocycles. The minimum atomic E-state index is -5.06. The molecule has 2 aromatic rings. The normalized spacial score (nSPS) is 24.7. The maximum Gasteiger partial charge on any atom is 0.419 e. The van der Waals surface area contributed by atoms with Crippen LogP contribution in [0.2, 0.25) is 0 Å². The van der Waals surface area contributed by atoms with Gasteiger partial charge in [0.15, 0.2) is 0 Å². The van der Waals surface area contributed by atoms with Crippen molar-refractivity contribution in [3.05, 3.63) is 51.9 Å². The molecule has 188 valence electrons. The van der Waals surface area contributed by atoms with Crippen LogP contribution in [0, 0.1) is 37.3 Å². The van der Waals surface area contributed by atoms with Crippen molar-refractivity contribution in [3.8, 4) is 0 Å². The summed E-state index contributed by atoms with van der Waals surface area (Å²) >= 11 is 0. The predicted molar refractivity (Wildman–Crippen MR) is 109 cm³/mol. The molecule has 12 heteroatoms. The zero-order valence-electron chi connectivity index (χ0n) is 18.8. The number of nitrogens with zero attached hydrogens (tertiary/aromatic N) is 2. The molecular weight excluding hydrogens is 477 g/mol. The van der Waals surface area contributed by atoms with Crippen LogP contribution in [0.15, 0.2) is 16.7 Å². The molecular formula is C23H22F5N3O4. The first-order valence-corrected chi connectivity index (χ1v) is 11.2. The number of piperidine rings is 1. The van der Waals surface area contributed by atoms with Gasteiger partial charge in [-0.1, -0.05) is 5.16 Å². The van der Waals surface area contributed by atoms with Gasteiger partial charge in [0.2, 0.25) is 11.7 Å². The molecule has 1 aromatic heterocycles. The number of alkyl halides is 3. The Morgan fingerprint density at radius 1 is 1.14 bits per heavy atom. The van der Waals surface area contributed by atoms with Gasteiger partial charge in [-0.15, -0.1) is 0 Å². The van der Waals surface area contributed by atoms with E-state index in [2.05, 4.69) is 10.5 Å². The third kappa shape index (κ3) is 4.07. The number of hydrogen-bond acceptors (Lipinski definition) is 5. The van der Waals surface area contributed by atoms with E-state index >= 15 is 0 Å². The van der Waals surface area contributed by atoms with Gasteiger partial charge in [-0.05, 0) is 44.7 Å². The summed E-state index contributed by atoms with van der Waals surface area (Å²) in [4.78, 5) is 27.9. The van der Waals surface area contributed by atoms with Gasteiger partial charge in [-0.25, -0.2) is 8.78 Å². The average Bonchev–Trinajstić information content (AvgIpc) is 3.28. The molecule has 3 fully saturated rings. The fourth-order valence-corrected chi connectivity index (χ4v) is 4.88. The summed E-state index contributed by atoms with van der Waals surface area (Å²) in [5.41, 5.74) is -1.02. The van der Waals surface area contributed by atoms with Crippen LogP contribution in [0.4, 0.5) is 22.0 Å². The quantitative estimate of drug-likeness (QED) is 0.635. The fraction of sp³-hybridized carbons (Fsp3) is 0.522. The van der Waals surface area contributed by atoms with Crippen LogP contribution >= 0.6 is 0 Å². The first-order valence-electron chi connectivity index (χ1n) is 11.2. The monoisotopic (exact) mass is 499 g/mol. The zero-order chi connectivity index (χ0) is 25.2. The Morgan fingerprint density at radius 3 is 2.43 bits per heavy atom. The molecule has 3 aliphatic rings. The maximum atomic E-state index is 14.8. The predicted octanol–water partition coefficient (Wildman–Crippen LogP) is 3.70. The number of likely N-dealkylation sites (tertiary alicyclic amines) is 1. The molecule has 1 aromatic carbocycles. The molecule has 4 atom stereocenters. The third-order valence-electron chi connectivity index (χ3n) is 7.15. The number of fused-ring (bicyclic) bond motifs is 1. The second-order valence-electron chi connectivity index (χ2n) is 9.38. The number of aromatic nitrogens is 1. The van der Waals surface area contributed by atoms with E-state index in [4.69, 9.17) is 9.26 Å². The van der Waals surface area contributed by atoms with E-state index < -0.39 is 58.8 Å². The van der Waals surface area contributed by atoms with Gasteiger partial charge < -0.3 is 19.5 Å². The number of amides is 2. The lowest BCUT2D eigenvalue weighted by Gasteiger charge is -2.36. The van der Waals surface area contributed by atoms with Crippen LogP contribution < -0.4 is 5.32 Å².